The summed E-state index contributed by atoms with van der Waals surface area (Å²) in [6.07, 6.45) is 3.47. The molecule has 0 bridgehead atoms. The smallest absolute Gasteiger partial charge is 0.269 e. The Kier molecular flexibility index (Phi) is 11.1. The highest BCUT2D eigenvalue weighted by molar-refractivity contribution is 7.55. The fraction of sp³-hybridized carbons (Fsp3) is 0.733. The lowest BCUT2D eigenvalue weighted by Gasteiger charge is -2.36. The van der Waals surface area contributed by atoms with Gasteiger partial charge in [-0.1, -0.05) is 27.7 Å². The van der Waals surface area contributed by atoms with Crippen molar-refractivity contribution in [1.29, 1.82) is 0 Å². The van der Waals surface area contributed by atoms with Gasteiger partial charge < -0.3 is 9.42 Å². The van der Waals surface area contributed by atoms with Crippen LogP contribution < -0.4 is 4.90 Å². The molecule has 1 aliphatic rings. The minimum atomic E-state index is -2.62. The monoisotopic (exact) mass is 330 g/mol. The second-order valence-electron chi connectivity index (χ2n) is 4.21. The molecule has 2 heterocycles. The number of anilines is 1. The molecule has 0 aromatic carbocycles. The van der Waals surface area contributed by atoms with Crippen LogP contribution in [0, 0.1) is 0 Å². The first-order valence-corrected chi connectivity index (χ1v) is 10.2. The molecule has 2 rings (SSSR count). The molecule has 1 atom stereocenters. The van der Waals surface area contributed by atoms with Crippen LogP contribution in [-0.4, -0.2) is 54.1 Å². The van der Waals surface area contributed by atoms with Gasteiger partial charge in [-0.25, -0.2) is 14.6 Å². The highest BCUT2D eigenvalue weighted by Gasteiger charge is 2.29. The minimum absolute atomic E-state index is 0.482. The maximum atomic E-state index is 12.3. The van der Waals surface area contributed by atoms with Crippen LogP contribution in [0.2, 0.25) is 0 Å². The summed E-state index contributed by atoms with van der Waals surface area (Å²) in [5, 5.41) is 0. The van der Waals surface area contributed by atoms with Crippen molar-refractivity contribution in [3.63, 3.8) is 0 Å². The molecular weight excluding hydrogens is 299 g/mol. The van der Waals surface area contributed by atoms with Gasteiger partial charge in [-0.3, -0.25) is 4.57 Å². The molecule has 0 amide bonds. The van der Waals surface area contributed by atoms with Crippen LogP contribution in [0.5, 0.6) is 0 Å². The Morgan fingerprint density at radius 3 is 2.05 bits per heavy atom. The average molecular weight is 330 g/mol. The Bertz CT molecular complexity index is 423. The topological polar surface area (TPSA) is 58.6 Å². The van der Waals surface area contributed by atoms with Gasteiger partial charge in [-0.15, -0.1) is 0 Å². The summed E-state index contributed by atoms with van der Waals surface area (Å²) in [4.78, 5) is 10.5. The van der Waals surface area contributed by atoms with Crippen molar-refractivity contribution in [3.05, 3.63) is 18.5 Å². The molecular formula is C15H31N4O2P. The van der Waals surface area contributed by atoms with E-state index in [2.05, 4.69) is 14.9 Å². The normalized spacial score (nSPS) is 17.5. The maximum absolute atomic E-state index is 12.3. The van der Waals surface area contributed by atoms with Crippen molar-refractivity contribution in [2.45, 2.75) is 34.6 Å². The summed E-state index contributed by atoms with van der Waals surface area (Å²) in [6.45, 7) is 15.0. The second kappa shape index (κ2) is 11.6. The molecule has 1 aromatic heterocycles. The van der Waals surface area contributed by atoms with Gasteiger partial charge in [0.25, 0.3) is 7.52 Å². The van der Waals surface area contributed by atoms with Gasteiger partial charge in [0.15, 0.2) is 0 Å². The van der Waals surface area contributed by atoms with E-state index in [1.54, 1.807) is 25.1 Å². The number of hydrogen-bond acceptors (Lipinski definition) is 5. The van der Waals surface area contributed by atoms with Crippen molar-refractivity contribution in [3.8, 4) is 0 Å². The Morgan fingerprint density at radius 2 is 1.59 bits per heavy atom. The Morgan fingerprint density at radius 1 is 1.09 bits per heavy atom. The third-order valence-electron chi connectivity index (χ3n) is 2.97. The van der Waals surface area contributed by atoms with E-state index in [4.69, 9.17) is 4.52 Å². The third-order valence-corrected chi connectivity index (χ3v) is 5.14. The van der Waals surface area contributed by atoms with E-state index in [1.165, 1.54) is 0 Å². The lowest BCUT2D eigenvalue weighted by atomic mass is 10.4. The fourth-order valence-corrected chi connectivity index (χ4v) is 3.58. The first-order valence-electron chi connectivity index (χ1n) is 8.13. The van der Waals surface area contributed by atoms with Gasteiger partial charge in [0, 0.05) is 45.2 Å². The molecule has 0 aliphatic carbocycles. The van der Waals surface area contributed by atoms with E-state index in [0.717, 1.165) is 19.0 Å². The predicted octanol–water partition coefficient (Wildman–Crippen LogP) is 3.51. The summed E-state index contributed by atoms with van der Waals surface area (Å²) >= 11 is 0. The largest absolute Gasteiger partial charge is 0.338 e. The lowest BCUT2D eigenvalue weighted by Crippen LogP contribution is -2.45. The number of hydrogen-bond donors (Lipinski definition) is 0. The third kappa shape index (κ3) is 6.42. The predicted molar refractivity (Wildman–Crippen MR) is 93.7 cm³/mol. The van der Waals surface area contributed by atoms with Crippen LogP contribution in [0.4, 0.5) is 5.95 Å². The SMILES string of the molecule is CC.CC.CCOP(C)(=O)N1CCN(c2ncccn2)CC1. The summed E-state index contributed by atoms with van der Waals surface area (Å²) < 4.78 is 19.5. The Labute approximate surface area is 135 Å². The molecule has 1 fully saturated rings. The number of nitrogens with zero attached hydrogens (tertiary/aromatic N) is 4. The van der Waals surface area contributed by atoms with Gasteiger partial charge >= 0.3 is 0 Å². The zero-order chi connectivity index (χ0) is 17.0. The summed E-state index contributed by atoms with van der Waals surface area (Å²) in [6, 6.07) is 1.80. The Balaban J connectivity index is 0.00000102. The highest BCUT2D eigenvalue weighted by atomic mass is 31.2. The van der Waals surface area contributed by atoms with Gasteiger partial charge in [0.1, 0.15) is 0 Å². The van der Waals surface area contributed by atoms with E-state index in [0.29, 0.717) is 19.7 Å². The molecule has 0 radical (unpaired) electrons. The minimum Gasteiger partial charge on any atom is -0.338 e. The van der Waals surface area contributed by atoms with Crippen molar-refractivity contribution in [2.24, 2.45) is 0 Å². The van der Waals surface area contributed by atoms with Gasteiger partial charge in [-0.2, -0.15) is 0 Å². The summed E-state index contributed by atoms with van der Waals surface area (Å²) in [5.41, 5.74) is 0. The fourth-order valence-electron chi connectivity index (χ4n) is 2.03. The molecule has 0 saturated carbocycles. The van der Waals surface area contributed by atoms with E-state index in [1.807, 2.05) is 39.3 Å². The van der Waals surface area contributed by atoms with Gasteiger partial charge in [-0.05, 0) is 13.0 Å². The lowest BCUT2D eigenvalue weighted by molar-refractivity contribution is 0.267. The molecule has 1 saturated heterocycles. The number of rotatable bonds is 4. The second-order valence-corrected chi connectivity index (χ2v) is 6.64. The summed E-state index contributed by atoms with van der Waals surface area (Å²) in [5.74, 6) is 0.736. The molecule has 7 heteroatoms. The van der Waals surface area contributed by atoms with Crippen LogP contribution in [0.15, 0.2) is 18.5 Å². The quantitative estimate of drug-likeness (QED) is 0.787. The highest BCUT2D eigenvalue weighted by Crippen LogP contribution is 2.47. The van der Waals surface area contributed by atoms with Crippen LogP contribution in [0.1, 0.15) is 34.6 Å². The average Bonchev–Trinajstić information content (AvgIpc) is 2.59. The van der Waals surface area contributed by atoms with Gasteiger partial charge in [0.05, 0.1) is 6.61 Å². The van der Waals surface area contributed by atoms with Crippen LogP contribution in [0.3, 0.4) is 0 Å². The molecule has 1 aliphatic heterocycles. The van der Waals surface area contributed by atoms with Crippen LogP contribution >= 0.6 is 7.52 Å². The standard InChI is InChI=1S/C11H19N4O2P.2C2H6/c1-3-17-18(2,16)15-9-7-14(8-10-15)11-12-5-4-6-13-11;2*1-2/h4-6H,3,7-10H2,1-2H3;2*1-2H3. The zero-order valence-corrected chi connectivity index (χ0v) is 15.7. The van der Waals surface area contributed by atoms with Crippen LogP contribution in [-0.2, 0) is 9.09 Å². The van der Waals surface area contributed by atoms with Crippen molar-refractivity contribution < 1.29 is 9.09 Å². The zero-order valence-electron chi connectivity index (χ0n) is 14.8. The molecule has 1 aromatic rings. The first kappa shape index (κ1) is 21.0. The molecule has 1 unspecified atom stereocenters. The van der Waals surface area contributed by atoms with Crippen LogP contribution in [0.25, 0.3) is 0 Å². The van der Waals surface area contributed by atoms with Gasteiger partial charge in [0.2, 0.25) is 5.95 Å². The Hall–Kier alpha value is -0.970. The van der Waals surface area contributed by atoms with Crippen molar-refractivity contribution in [1.82, 2.24) is 14.6 Å². The van der Waals surface area contributed by atoms with Crippen molar-refractivity contribution >= 4 is 13.5 Å². The molecule has 22 heavy (non-hydrogen) atoms. The van der Waals surface area contributed by atoms with E-state index in [9.17, 15) is 4.57 Å². The number of piperazine rings is 1. The van der Waals surface area contributed by atoms with Crippen molar-refractivity contribution in [2.75, 3.05) is 44.4 Å². The number of aromatic nitrogens is 2. The van der Waals surface area contributed by atoms with E-state index < -0.39 is 7.52 Å². The summed E-state index contributed by atoms with van der Waals surface area (Å²) in [7, 11) is -2.62. The van der Waals surface area contributed by atoms with E-state index in [-0.39, 0.29) is 0 Å². The van der Waals surface area contributed by atoms with E-state index >= 15 is 0 Å². The molecule has 6 nitrogen and oxygen atoms in total. The first-order chi connectivity index (χ1) is 10.6. The molecule has 128 valence electrons. The maximum Gasteiger partial charge on any atom is 0.269 e. The molecule has 0 spiro atoms. The molecule has 0 N–H and O–H groups in total.